The summed E-state index contributed by atoms with van der Waals surface area (Å²) >= 11 is 5.89. The summed E-state index contributed by atoms with van der Waals surface area (Å²) < 4.78 is 40.0. The highest BCUT2D eigenvalue weighted by Crippen LogP contribution is 2.30. The fourth-order valence-electron chi connectivity index (χ4n) is 3.18. The number of aromatic nitrogens is 2. The molecule has 3 aromatic carbocycles. The van der Waals surface area contributed by atoms with Crippen molar-refractivity contribution in [2.24, 2.45) is 0 Å². The second-order valence-electron chi connectivity index (χ2n) is 6.82. The molecule has 0 aliphatic heterocycles. The number of benzene rings is 3. The maximum atomic E-state index is 12.8. The molecule has 8 heteroatoms. The van der Waals surface area contributed by atoms with Gasteiger partial charge in [0.2, 0.25) is 0 Å². The second-order valence-corrected chi connectivity index (χ2v) is 7.25. The Hall–Kier alpha value is -3.03. The predicted octanol–water partition coefficient (Wildman–Crippen LogP) is 5.86. The molecule has 0 amide bonds. The summed E-state index contributed by atoms with van der Waals surface area (Å²) in [5, 5.41) is 19.4. The molecule has 1 atom stereocenters. The Balaban J connectivity index is 1.61. The van der Waals surface area contributed by atoms with Crippen LogP contribution in [-0.4, -0.2) is 14.9 Å². The summed E-state index contributed by atoms with van der Waals surface area (Å²) in [5.74, 6) is 0.472. The van der Waals surface area contributed by atoms with Crippen molar-refractivity contribution in [1.29, 1.82) is 0 Å². The van der Waals surface area contributed by atoms with E-state index in [1.165, 1.54) is 12.1 Å². The molecule has 0 saturated carbocycles. The molecule has 2 N–H and O–H groups in total. The number of anilines is 1. The smallest absolute Gasteiger partial charge is 0.369 e. The number of hydrogen-bond donors (Lipinski definition) is 2. The molecule has 0 aliphatic rings. The lowest BCUT2D eigenvalue weighted by Crippen LogP contribution is -2.11. The zero-order valence-corrected chi connectivity index (χ0v) is 16.3. The third-order valence-corrected chi connectivity index (χ3v) is 4.98. The first kappa shape index (κ1) is 20.3. The molecule has 4 aromatic rings. The van der Waals surface area contributed by atoms with Crippen LogP contribution in [0.15, 0.2) is 72.8 Å². The number of aliphatic hydroxyl groups excluding tert-OH is 1. The van der Waals surface area contributed by atoms with E-state index in [0.717, 1.165) is 23.0 Å². The Morgan fingerprint density at radius 2 is 1.63 bits per heavy atom. The van der Waals surface area contributed by atoms with E-state index in [1.807, 2.05) is 24.3 Å². The normalized spacial score (nSPS) is 12.8. The molecule has 1 aromatic heterocycles. The van der Waals surface area contributed by atoms with E-state index in [9.17, 15) is 18.3 Å². The molecule has 0 bridgehead atoms. The Labute approximate surface area is 175 Å². The van der Waals surface area contributed by atoms with Crippen molar-refractivity contribution in [3.8, 4) is 0 Å². The zero-order chi connectivity index (χ0) is 21.3. The van der Waals surface area contributed by atoms with Gasteiger partial charge in [0.1, 0.15) is 0 Å². The highest BCUT2D eigenvalue weighted by molar-refractivity contribution is 6.30. The Morgan fingerprint density at radius 3 is 2.30 bits per heavy atom. The molecule has 0 aliphatic carbocycles. The van der Waals surface area contributed by atoms with Crippen LogP contribution in [0, 0.1) is 0 Å². The van der Waals surface area contributed by atoms with Crippen molar-refractivity contribution >= 4 is 28.3 Å². The number of para-hydroxylation sites is 1. The number of fused-ring (bicyclic) bond motifs is 1. The highest BCUT2D eigenvalue weighted by Gasteiger charge is 2.30. The molecule has 0 saturated heterocycles. The third kappa shape index (κ3) is 4.27. The number of hydrogen-bond acceptors (Lipinski definition) is 3. The molecule has 30 heavy (non-hydrogen) atoms. The van der Waals surface area contributed by atoms with Gasteiger partial charge in [-0.25, -0.2) is 0 Å². The largest absolute Gasteiger partial charge is 0.416 e. The van der Waals surface area contributed by atoms with Gasteiger partial charge in [0.25, 0.3) is 0 Å². The highest BCUT2D eigenvalue weighted by atomic mass is 35.5. The van der Waals surface area contributed by atoms with Crippen LogP contribution in [0.25, 0.3) is 10.9 Å². The summed E-state index contributed by atoms with van der Waals surface area (Å²) in [6, 6.07) is 19.2. The van der Waals surface area contributed by atoms with Crippen LogP contribution in [0.3, 0.4) is 0 Å². The van der Waals surface area contributed by atoms with Crippen LogP contribution in [0.1, 0.15) is 22.9 Å². The molecule has 4 nitrogen and oxygen atoms in total. The van der Waals surface area contributed by atoms with E-state index in [4.69, 9.17) is 11.6 Å². The lowest BCUT2D eigenvalue weighted by atomic mass is 10.1. The molecule has 1 heterocycles. The van der Waals surface area contributed by atoms with E-state index >= 15 is 0 Å². The van der Waals surface area contributed by atoms with Gasteiger partial charge < -0.3 is 10.4 Å². The Kier molecular flexibility index (Phi) is 5.40. The lowest BCUT2D eigenvalue weighted by molar-refractivity contribution is -0.137. The van der Waals surface area contributed by atoms with Gasteiger partial charge in [0.05, 0.1) is 17.6 Å². The van der Waals surface area contributed by atoms with Crippen molar-refractivity contribution in [1.82, 2.24) is 9.78 Å². The number of nitrogens with one attached hydrogen (secondary N) is 1. The lowest BCUT2D eigenvalue weighted by Gasteiger charge is -2.13. The first-order valence-corrected chi connectivity index (χ1v) is 9.51. The van der Waals surface area contributed by atoms with Gasteiger partial charge in [-0.05, 0) is 42.0 Å². The van der Waals surface area contributed by atoms with Crippen molar-refractivity contribution in [3.63, 3.8) is 0 Å². The first-order chi connectivity index (χ1) is 14.3. The number of nitrogens with zero attached hydrogens (tertiary/aromatic N) is 2. The zero-order valence-electron chi connectivity index (χ0n) is 15.6. The van der Waals surface area contributed by atoms with E-state index in [1.54, 1.807) is 28.9 Å². The minimum absolute atomic E-state index is 0.289. The first-order valence-electron chi connectivity index (χ1n) is 9.13. The average Bonchev–Trinajstić information content (AvgIpc) is 3.05. The molecule has 4 rings (SSSR count). The molecule has 0 radical (unpaired) electrons. The quantitative estimate of drug-likeness (QED) is 0.389. The second kappa shape index (κ2) is 8.01. The van der Waals surface area contributed by atoms with Gasteiger partial charge in [-0.3, -0.25) is 4.68 Å². The summed E-state index contributed by atoms with van der Waals surface area (Å²) in [7, 11) is 0. The third-order valence-electron chi connectivity index (χ3n) is 4.73. The SMILES string of the molecule is OC(Nc1nn(Cc2ccc(C(F)(F)F)cc2)c2ccccc12)c1ccc(Cl)cc1. The summed E-state index contributed by atoms with van der Waals surface area (Å²) in [6.45, 7) is 0.289. The van der Waals surface area contributed by atoms with Crippen molar-refractivity contribution in [2.75, 3.05) is 5.32 Å². The van der Waals surface area contributed by atoms with Crippen molar-refractivity contribution in [2.45, 2.75) is 18.9 Å². The maximum Gasteiger partial charge on any atom is 0.416 e. The minimum Gasteiger partial charge on any atom is -0.369 e. The standard InChI is InChI=1S/C22H17ClF3N3O/c23-17-11-7-15(8-12-17)21(30)27-20-18-3-1-2-4-19(18)29(28-20)13-14-5-9-16(10-6-14)22(24,25)26/h1-12,21,30H,13H2,(H,27,28). The molecule has 0 fully saturated rings. The van der Waals surface area contributed by atoms with Crippen LogP contribution in [0.2, 0.25) is 5.02 Å². The number of alkyl halides is 3. The van der Waals surface area contributed by atoms with Crippen LogP contribution in [-0.2, 0) is 12.7 Å². The van der Waals surface area contributed by atoms with Crippen LogP contribution in [0.5, 0.6) is 0 Å². The maximum absolute atomic E-state index is 12.8. The van der Waals surface area contributed by atoms with Gasteiger partial charge in [-0.2, -0.15) is 18.3 Å². The Bertz CT molecular complexity index is 1160. The average molecular weight is 432 g/mol. The number of halogens is 4. The fraction of sp³-hybridized carbons (Fsp3) is 0.136. The topological polar surface area (TPSA) is 50.1 Å². The Morgan fingerprint density at radius 1 is 0.967 bits per heavy atom. The van der Waals surface area contributed by atoms with Gasteiger partial charge >= 0.3 is 6.18 Å². The molecule has 154 valence electrons. The molecular formula is C22H17ClF3N3O. The molecule has 1 unspecified atom stereocenters. The fourth-order valence-corrected chi connectivity index (χ4v) is 3.31. The van der Waals surface area contributed by atoms with E-state index in [2.05, 4.69) is 10.4 Å². The van der Waals surface area contributed by atoms with E-state index < -0.39 is 18.0 Å². The molecule has 0 spiro atoms. The minimum atomic E-state index is -4.37. The number of aliphatic hydroxyl groups is 1. The van der Waals surface area contributed by atoms with E-state index in [-0.39, 0.29) is 6.54 Å². The van der Waals surface area contributed by atoms with Crippen molar-refractivity contribution in [3.05, 3.63) is 94.5 Å². The van der Waals surface area contributed by atoms with Crippen molar-refractivity contribution < 1.29 is 18.3 Å². The summed E-state index contributed by atoms with van der Waals surface area (Å²) in [4.78, 5) is 0. The van der Waals surface area contributed by atoms with Crippen LogP contribution in [0.4, 0.5) is 19.0 Å². The summed E-state index contributed by atoms with van der Waals surface area (Å²) in [6.07, 6.45) is -5.37. The van der Waals surface area contributed by atoms with Crippen LogP contribution >= 0.6 is 11.6 Å². The number of rotatable bonds is 5. The van der Waals surface area contributed by atoms with Gasteiger partial charge in [0, 0.05) is 16.0 Å². The monoisotopic (exact) mass is 431 g/mol. The van der Waals surface area contributed by atoms with Gasteiger partial charge in [-0.1, -0.05) is 48.0 Å². The molecular weight excluding hydrogens is 415 g/mol. The van der Waals surface area contributed by atoms with Gasteiger partial charge in [0.15, 0.2) is 12.0 Å². The van der Waals surface area contributed by atoms with E-state index in [0.29, 0.717) is 22.0 Å². The summed E-state index contributed by atoms with van der Waals surface area (Å²) in [5.41, 5.74) is 1.41. The predicted molar refractivity (Wildman–Crippen MR) is 110 cm³/mol. The van der Waals surface area contributed by atoms with Gasteiger partial charge in [-0.15, -0.1) is 0 Å². The van der Waals surface area contributed by atoms with Crippen LogP contribution < -0.4 is 5.32 Å².